The van der Waals surface area contributed by atoms with Gasteiger partial charge in [-0.25, -0.2) is 13.1 Å². The first-order chi connectivity index (χ1) is 13.3. The molecule has 148 valence electrons. The van der Waals surface area contributed by atoms with E-state index in [-0.39, 0.29) is 28.7 Å². The van der Waals surface area contributed by atoms with E-state index in [4.69, 9.17) is 0 Å². The fourth-order valence-corrected chi connectivity index (χ4v) is 3.31. The molecular formula is C18H20N4O5S. The van der Waals surface area contributed by atoms with Crippen LogP contribution in [-0.4, -0.2) is 32.3 Å². The number of benzene rings is 2. The summed E-state index contributed by atoms with van der Waals surface area (Å²) < 4.78 is 25.6. The van der Waals surface area contributed by atoms with E-state index in [1.54, 1.807) is 18.2 Å². The maximum absolute atomic E-state index is 12.4. The van der Waals surface area contributed by atoms with Crippen LogP contribution in [-0.2, 0) is 16.6 Å². The van der Waals surface area contributed by atoms with Crippen molar-refractivity contribution in [2.24, 2.45) is 0 Å². The number of amides is 1. The lowest BCUT2D eigenvalue weighted by Gasteiger charge is -2.09. The summed E-state index contributed by atoms with van der Waals surface area (Å²) in [4.78, 5) is 23.3. The van der Waals surface area contributed by atoms with E-state index in [9.17, 15) is 23.3 Å². The van der Waals surface area contributed by atoms with Crippen LogP contribution in [0.4, 0.5) is 11.4 Å². The Morgan fingerprint density at radius 1 is 1.18 bits per heavy atom. The molecule has 3 N–H and O–H groups in total. The standard InChI is InChI=1S/C18H20N4O5S/c1-19-28(26,27)15-7-2-12(3-8-15)11-20-18(23)13-4-9-16(21-14-5-6-14)17(10-13)22(24)25/h2-4,7-10,14,19,21H,5-6,11H2,1H3,(H,20,23). The molecule has 0 aromatic heterocycles. The minimum absolute atomic E-state index is 0.124. The summed E-state index contributed by atoms with van der Waals surface area (Å²) in [5, 5.41) is 17.1. The summed E-state index contributed by atoms with van der Waals surface area (Å²) in [7, 11) is -2.19. The number of rotatable bonds is 8. The molecule has 1 saturated carbocycles. The topological polar surface area (TPSA) is 130 Å². The molecule has 2 aromatic carbocycles. The smallest absolute Gasteiger partial charge is 0.293 e. The van der Waals surface area contributed by atoms with Crippen molar-refractivity contribution in [2.45, 2.75) is 30.3 Å². The molecule has 9 nitrogen and oxygen atoms in total. The van der Waals surface area contributed by atoms with E-state index in [1.165, 1.54) is 31.3 Å². The minimum atomic E-state index is -3.52. The van der Waals surface area contributed by atoms with Gasteiger partial charge in [0.25, 0.3) is 11.6 Å². The largest absolute Gasteiger partial charge is 0.377 e. The molecule has 0 unspecified atom stereocenters. The Labute approximate surface area is 162 Å². The average Bonchev–Trinajstić information content (AvgIpc) is 3.50. The molecule has 3 rings (SSSR count). The van der Waals surface area contributed by atoms with E-state index >= 15 is 0 Å². The second-order valence-electron chi connectivity index (χ2n) is 6.44. The number of nitro groups is 1. The molecule has 2 aromatic rings. The molecule has 0 spiro atoms. The monoisotopic (exact) mass is 404 g/mol. The molecule has 1 aliphatic carbocycles. The van der Waals surface area contributed by atoms with Crippen LogP contribution in [0.1, 0.15) is 28.8 Å². The number of sulfonamides is 1. The van der Waals surface area contributed by atoms with Gasteiger partial charge in [0.15, 0.2) is 0 Å². The van der Waals surface area contributed by atoms with E-state index in [1.807, 2.05) is 0 Å². The van der Waals surface area contributed by atoms with Gasteiger partial charge in [0.1, 0.15) is 5.69 Å². The predicted molar refractivity (Wildman–Crippen MR) is 104 cm³/mol. The third kappa shape index (κ3) is 4.65. The fourth-order valence-electron chi connectivity index (χ4n) is 2.58. The van der Waals surface area contributed by atoms with Crippen LogP contribution in [0, 0.1) is 10.1 Å². The van der Waals surface area contributed by atoms with Crippen molar-refractivity contribution in [1.29, 1.82) is 0 Å². The van der Waals surface area contributed by atoms with Crippen molar-refractivity contribution >= 4 is 27.3 Å². The maximum atomic E-state index is 12.4. The van der Waals surface area contributed by atoms with E-state index in [2.05, 4.69) is 15.4 Å². The van der Waals surface area contributed by atoms with Crippen LogP contribution in [0.2, 0.25) is 0 Å². The summed E-state index contributed by atoms with van der Waals surface area (Å²) >= 11 is 0. The van der Waals surface area contributed by atoms with Gasteiger partial charge in [-0.3, -0.25) is 14.9 Å². The quantitative estimate of drug-likeness (QED) is 0.456. The third-order valence-electron chi connectivity index (χ3n) is 4.35. The zero-order valence-electron chi connectivity index (χ0n) is 15.1. The first kappa shape index (κ1) is 19.8. The van der Waals surface area contributed by atoms with E-state index < -0.39 is 20.9 Å². The number of hydrogen-bond donors (Lipinski definition) is 3. The molecule has 1 amide bonds. The Balaban J connectivity index is 1.67. The van der Waals surface area contributed by atoms with Crippen LogP contribution in [0.15, 0.2) is 47.4 Å². The highest BCUT2D eigenvalue weighted by atomic mass is 32.2. The van der Waals surface area contributed by atoms with Gasteiger partial charge in [0.05, 0.1) is 9.82 Å². The van der Waals surface area contributed by atoms with Gasteiger partial charge in [-0.1, -0.05) is 12.1 Å². The van der Waals surface area contributed by atoms with Crippen molar-refractivity contribution < 1.29 is 18.1 Å². The molecule has 1 aliphatic rings. The highest BCUT2D eigenvalue weighted by molar-refractivity contribution is 7.89. The Hall–Kier alpha value is -2.98. The van der Waals surface area contributed by atoms with Crippen LogP contribution < -0.4 is 15.4 Å². The SMILES string of the molecule is CNS(=O)(=O)c1ccc(CNC(=O)c2ccc(NC3CC3)c([N+](=O)[O-])c2)cc1. The lowest BCUT2D eigenvalue weighted by atomic mass is 10.1. The Kier molecular flexibility index (Phi) is 5.61. The molecule has 28 heavy (non-hydrogen) atoms. The number of nitro benzene ring substituents is 1. The van der Waals surface area contributed by atoms with Gasteiger partial charge in [0, 0.05) is 24.2 Å². The first-order valence-electron chi connectivity index (χ1n) is 8.66. The summed E-state index contributed by atoms with van der Waals surface area (Å²) in [6.07, 6.45) is 1.96. The maximum Gasteiger partial charge on any atom is 0.293 e. The average molecular weight is 404 g/mol. The summed E-state index contributed by atoms with van der Waals surface area (Å²) in [5.74, 6) is -0.451. The highest BCUT2D eigenvalue weighted by Gasteiger charge is 2.25. The number of hydrogen-bond acceptors (Lipinski definition) is 6. The normalized spacial score (nSPS) is 13.8. The van der Waals surface area contributed by atoms with E-state index in [0.29, 0.717) is 11.3 Å². The molecule has 0 aliphatic heterocycles. The minimum Gasteiger partial charge on any atom is -0.377 e. The van der Waals surface area contributed by atoms with Gasteiger partial charge in [-0.2, -0.15) is 0 Å². The van der Waals surface area contributed by atoms with E-state index in [0.717, 1.165) is 12.8 Å². The van der Waals surface area contributed by atoms with Crippen molar-refractivity contribution in [3.05, 3.63) is 63.7 Å². The number of carbonyl (C=O) groups excluding carboxylic acids is 1. The van der Waals surface area contributed by atoms with Crippen LogP contribution in [0.3, 0.4) is 0 Å². The lowest BCUT2D eigenvalue weighted by molar-refractivity contribution is -0.384. The van der Waals surface area contributed by atoms with Crippen LogP contribution >= 0.6 is 0 Å². The Bertz CT molecular complexity index is 1000. The molecule has 0 saturated heterocycles. The zero-order valence-corrected chi connectivity index (χ0v) is 16.0. The van der Waals surface area contributed by atoms with Gasteiger partial charge >= 0.3 is 0 Å². The molecule has 0 atom stereocenters. The fraction of sp³-hybridized carbons (Fsp3) is 0.278. The van der Waals surface area contributed by atoms with Gasteiger partial charge in [-0.05, 0) is 49.7 Å². The van der Waals surface area contributed by atoms with Gasteiger partial charge in [-0.15, -0.1) is 0 Å². The zero-order chi connectivity index (χ0) is 20.3. The lowest BCUT2D eigenvalue weighted by Crippen LogP contribution is -2.23. The van der Waals surface area contributed by atoms with Crippen molar-refractivity contribution in [3.63, 3.8) is 0 Å². The van der Waals surface area contributed by atoms with Crippen molar-refractivity contribution in [1.82, 2.24) is 10.0 Å². The van der Waals surface area contributed by atoms with Crippen molar-refractivity contribution in [3.8, 4) is 0 Å². The molecule has 1 fully saturated rings. The number of carbonyl (C=O) groups is 1. The summed E-state index contributed by atoms with van der Waals surface area (Å²) in [6, 6.07) is 10.7. The summed E-state index contributed by atoms with van der Waals surface area (Å²) in [5.41, 5.74) is 1.15. The number of anilines is 1. The molecular weight excluding hydrogens is 384 g/mol. The number of nitrogens with one attached hydrogen (secondary N) is 3. The van der Waals surface area contributed by atoms with Gasteiger partial charge in [0.2, 0.25) is 10.0 Å². The highest BCUT2D eigenvalue weighted by Crippen LogP contribution is 2.31. The van der Waals surface area contributed by atoms with Crippen LogP contribution in [0.25, 0.3) is 0 Å². The third-order valence-corrected chi connectivity index (χ3v) is 5.78. The van der Waals surface area contributed by atoms with Gasteiger partial charge < -0.3 is 10.6 Å². The molecule has 10 heteroatoms. The second kappa shape index (κ2) is 7.95. The number of nitrogens with zero attached hydrogens (tertiary/aromatic N) is 1. The van der Waals surface area contributed by atoms with Crippen LogP contribution in [0.5, 0.6) is 0 Å². The Morgan fingerprint density at radius 2 is 1.86 bits per heavy atom. The van der Waals surface area contributed by atoms with Crippen molar-refractivity contribution in [2.75, 3.05) is 12.4 Å². The molecule has 0 heterocycles. The molecule has 0 radical (unpaired) electrons. The second-order valence-corrected chi connectivity index (χ2v) is 8.33. The molecule has 0 bridgehead atoms. The first-order valence-corrected chi connectivity index (χ1v) is 10.1. The predicted octanol–water partition coefficient (Wildman–Crippen LogP) is 2.01. The summed E-state index contributed by atoms with van der Waals surface area (Å²) in [6.45, 7) is 0.161. The Morgan fingerprint density at radius 3 is 2.43 bits per heavy atom.